The molecule has 6 nitrogen and oxygen atoms in total. The van der Waals surface area contributed by atoms with Crippen molar-refractivity contribution in [1.29, 1.82) is 0 Å². The molecule has 0 saturated heterocycles. The highest BCUT2D eigenvalue weighted by molar-refractivity contribution is 7.90. The Hall–Kier alpha value is -2.19. The smallest absolute Gasteiger partial charge is 0.341 e. The highest BCUT2D eigenvalue weighted by atomic mass is 32.2. The van der Waals surface area contributed by atoms with Gasteiger partial charge in [-0.2, -0.15) is 0 Å². The van der Waals surface area contributed by atoms with E-state index in [1.165, 1.54) is 11.3 Å². The first-order chi connectivity index (χ1) is 12.7. The quantitative estimate of drug-likeness (QED) is 0.674. The predicted octanol–water partition coefficient (Wildman–Crippen LogP) is 3.49. The Kier molecular flexibility index (Phi) is 7.15. The maximum Gasteiger partial charge on any atom is 0.341 e. The van der Waals surface area contributed by atoms with E-state index < -0.39 is 21.7 Å². The molecule has 0 aliphatic carbocycles. The molecule has 2 rings (SSSR count). The van der Waals surface area contributed by atoms with Crippen LogP contribution in [0.3, 0.4) is 0 Å². The molecule has 1 N–H and O–H groups in total. The van der Waals surface area contributed by atoms with Crippen molar-refractivity contribution in [2.45, 2.75) is 32.9 Å². The van der Waals surface area contributed by atoms with Gasteiger partial charge in [0.1, 0.15) is 5.00 Å². The van der Waals surface area contributed by atoms with Gasteiger partial charge in [0.25, 0.3) is 0 Å². The second kappa shape index (κ2) is 9.14. The van der Waals surface area contributed by atoms with E-state index in [9.17, 15) is 18.0 Å². The minimum absolute atomic E-state index is 0.105. The van der Waals surface area contributed by atoms with Gasteiger partial charge in [-0.1, -0.05) is 30.3 Å². The summed E-state index contributed by atoms with van der Waals surface area (Å²) in [5, 5.41) is 3.06. The number of anilines is 1. The van der Waals surface area contributed by atoms with Crippen molar-refractivity contribution in [2.75, 3.05) is 17.7 Å². The molecular formula is C19H23NO5S2. The van der Waals surface area contributed by atoms with E-state index in [4.69, 9.17) is 4.74 Å². The summed E-state index contributed by atoms with van der Waals surface area (Å²) in [7, 11) is -3.41. The zero-order chi connectivity index (χ0) is 20.0. The normalized spacial score (nSPS) is 11.2. The van der Waals surface area contributed by atoms with E-state index in [0.29, 0.717) is 16.1 Å². The summed E-state index contributed by atoms with van der Waals surface area (Å²) in [5.74, 6) is -1.30. The third kappa shape index (κ3) is 5.90. The summed E-state index contributed by atoms with van der Waals surface area (Å²) in [5.41, 5.74) is 1.78. The lowest BCUT2D eigenvalue weighted by atomic mass is 10.1. The van der Waals surface area contributed by atoms with E-state index in [1.807, 2.05) is 13.0 Å². The zero-order valence-corrected chi connectivity index (χ0v) is 17.2. The molecule has 0 saturated carbocycles. The number of sulfone groups is 1. The van der Waals surface area contributed by atoms with Crippen molar-refractivity contribution in [3.8, 4) is 0 Å². The molecule has 0 aliphatic rings. The number of hydrogen-bond acceptors (Lipinski definition) is 6. The Morgan fingerprint density at radius 1 is 1.15 bits per heavy atom. The summed E-state index contributed by atoms with van der Waals surface area (Å²) < 4.78 is 29.5. The molecule has 0 spiro atoms. The van der Waals surface area contributed by atoms with E-state index in [1.54, 1.807) is 38.1 Å². The molecule has 1 heterocycles. The number of benzene rings is 1. The van der Waals surface area contributed by atoms with E-state index in [2.05, 4.69) is 5.32 Å². The van der Waals surface area contributed by atoms with Gasteiger partial charge in [-0.25, -0.2) is 13.2 Å². The molecule has 27 heavy (non-hydrogen) atoms. The molecule has 1 amide bonds. The average Bonchev–Trinajstić information content (AvgIpc) is 2.88. The number of nitrogens with one attached hydrogen (secondary N) is 1. The Labute approximate surface area is 163 Å². The van der Waals surface area contributed by atoms with Crippen molar-refractivity contribution in [3.05, 3.63) is 51.9 Å². The standard InChI is InChI=1S/C19H23NO5S2/c1-4-25-19(22)17-13(2)14(3)26-18(17)20-16(21)10-11-27(23,24)12-15-8-6-5-7-9-15/h5-9H,4,10-12H2,1-3H3,(H,20,21). The maximum atomic E-state index is 12.2. The average molecular weight is 410 g/mol. The van der Waals surface area contributed by atoms with Crippen molar-refractivity contribution < 1.29 is 22.7 Å². The fourth-order valence-corrected chi connectivity index (χ4v) is 4.91. The van der Waals surface area contributed by atoms with Gasteiger partial charge in [0.05, 0.1) is 23.7 Å². The van der Waals surface area contributed by atoms with Crippen LogP contribution in [-0.4, -0.2) is 32.7 Å². The van der Waals surface area contributed by atoms with Crippen molar-refractivity contribution in [2.24, 2.45) is 0 Å². The number of thiophene rings is 1. The largest absolute Gasteiger partial charge is 0.462 e. The number of amides is 1. The lowest BCUT2D eigenvalue weighted by molar-refractivity contribution is -0.115. The number of carbonyl (C=O) groups is 2. The Morgan fingerprint density at radius 3 is 2.44 bits per heavy atom. The van der Waals surface area contributed by atoms with Gasteiger partial charge < -0.3 is 10.1 Å². The Morgan fingerprint density at radius 2 is 1.81 bits per heavy atom. The molecule has 0 atom stereocenters. The molecule has 1 aromatic heterocycles. The molecule has 8 heteroatoms. The lowest BCUT2D eigenvalue weighted by Gasteiger charge is -2.08. The second-order valence-corrected chi connectivity index (χ2v) is 9.49. The zero-order valence-electron chi connectivity index (χ0n) is 15.6. The summed E-state index contributed by atoms with van der Waals surface area (Å²) in [4.78, 5) is 25.3. The highest BCUT2D eigenvalue weighted by Crippen LogP contribution is 2.33. The van der Waals surface area contributed by atoms with Gasteiger partial charge in [-0.3, -0.25) is 4.79 Å². The second-order valence-electron chi connectivity index (χ2n) is 6.08. The van der Waals surface area contributed by atoms with Crippen molar-refractivity contribution >= 4 is 38.1 Å². The first-order valence-corrected chi connectivity index (χ1v) is 11.2. The van der Waals surface area contributed by atoms with Crippen LogP contribution in [0.5, 0.6) is 0 Å². The molecule has 146 valence electrons. The van der Waals surface area contributed by atoms with Crippen LogP contribution < -0.4 is 5.32 Å². The van der Waals surface area contributed by atoms with Crippen LogP contribution in [0.25, 0.3) is 0 Å². The molecule has 0 aliphatic heterocycles. The van der Waals surface area contributed by atoms with Crippen LogP contribution in [0, 0.1) is 13.8 Å². The monoisotopic (exact) mass is 409 g/mol. The Bertz CT molecular complexity index is 917. The topological polar surface area (TPSA) is 89.5 Å². The van der Waals surface area contributed by atoms with Gasteiger partial charge >= 0.3 is 5.97 Å². The first-order valence-electron chi connectivity index (χ1n) is 8.54. The molecular weight excluding hydrogens is 386 g/mol. The molecule has 0 unspecified atom stereocenters. The molecule has 1 aromatic carbocycles. The van der Waals surface area contributed by atoms with Crippen LogP contribution >= 0.6 is 11.3 Å². The van der Waals surface area contributed by atoms with Gasteiger partial charge in [0, 0.05) is 11.3 Å². The van der Waals surface area contributed by atoms with E-state index in [0.717, 1.165) is 10.4 Å². The van der Waals surface area contributed by atoms with Gasteiger partial charge in [-0.05, 0) is 31.9 Å². The number of carbonyl (C=O) groups excluding carboxylic acids is 2. The summed E-state index contributed by atoms with van der Waals surface area (Å²) in [6, 6.07) is 8.84. The third-order valence-electron chi connectivity index (χ3n) is 3.99. The number of hydrogen-bond donors (Lipinski definition) is 1. The minimum atomic E-state index is -3.41. The number of aryl methyl sites for hydroxylation is 1. The van der Waals surface area contributed by atoms with Crippen LogP contribution in [0.15, 0.2) is 30.3 Å². The molecule has 0 radical (unpaired) electrons. The summed E-state index contributed by atoms with van der Waals surface area (Å²) in [6.45, 7) is 5.58. The van der Waals surface area contributed by atoms with Crippen LogP contribution in [0.4, 0.5) is 5.00 Å². The van der Waals surface area contributed by atoms with Crippen molar-refractivity contribution in [1.82, 2.24) is 0 Å². The fraction of sp³-hybridized carbons (Fsp3) is 0.368. The third-order valence-corrected chi connectivity index (χ3v) is 6.71. The van der Waals surface area contributed by atoms with Crippen molar-refractivity contribution in [3.63, 3.8) is 0 Å². The lowest BCUT2D eigenvalue weighted by Crippen LogP contribution is -2.19. The maximum absolute atomic E-state index is 12.2. The summed E-state index contributed by atoms with van der Waals surface area (Å²) in [6.07, 6.45) is -0.173. The number of rotatable bonds is 8. The van der Waals surface area contributed by atoms with Crippen LogP contribution in [0.2, 0.25) is 0 Å². The SMILES string of the molecule is CCOC(=O)c1c(NC(=O)CCS(=O)(=O)Cc2ccccc2)sc(C)c1C. The summed E-state index contributed by atoms with van der Waals surface area (Å²) >= 11 is 1.28. The van der Waals surface area contributed by atoms with E-state index in [-0.39, 0.29) is 24.5 Å². The Balaban J connectivity index is 2.02. The predicted molar refractivity (Wildman–Crippen MR) is 107 cm³/mol. The number of ether oxygens (including phenoxy) is 1. The first kappa shape index (κ1) is 21.1. The van der Waals surface area contributed by atoms with Crippen LogP contribution in [-0.2, 0) is 25.1 Å². The molecule has 0 bridgehead atoms. The highest BCUT2D eigenvalue weighted by Gasteiger charge is 2.22. The van der Waals surface area contributed by atoms with Gasteiger partial charge in [-0.15, -0.1) is 11.3 Å². The number of esters is 1. The van der Waals surface area contributed by atoms with E-state index >= 15 is 0 Å². The molecule has 2 aromatic rings. The van der Waals surface area contributed by atoms with Gasteiger partial charge in [0.15, 0.2) is 9.84 Å². The fourth-order valence-electron chi connectivity index (χ4n) is 2.50. The van der Waals surface area contributed by atoms with Gasteiger partial charge in [0.2, 0.25) is 5.91 Å². The molecule has 0 fully saturated rings. The minimum Gasteiger partial charge on any atom is -0.462 e. The van der Waals surface area contributed by atoms with Crippen LogP contribution in [0.1, 0.15) is 39.7 Å².